The van der Waals surface area contributed by atoms with E-state index in [1.54, 1.807) is 6.92 Å². The molecule has 0 aliphatic carbocycles. The van der Waals surface area contributed by atoms with E-state index < -0.39 is 0 Å². The number of hydrogen-bond donors (Lipinski definition) is 0. The predicted octanol–water partition coefficient (Wildman–Crippen LogP) is 3.78. The second-order valence-corrected chi connectivity index (χ2v) is 5.54. The summed E-state index contributed by atoms with van der Waals surface area (Å²) in [6, 6.07) is 9.12. The third-order valence-corrected chi connectivity index (χ3v) is 3.38. The van der Waals surface area contributed by atoms with E-state index in [4.69, 9.17) is 0 Å². The first-order valence-electron chi connectivity index (χ1n) is 6.67. The maximum Gasteiger partial charge on any atom is 0.129 e. The topological polar surface area (TPSA) is 20.3 Å². The minimum Gasteiger partial charge on any atom is -0.302 e. The van der Waals surface area contributed by atoms with E-state index in [1.807, 2.05) is 0 Å². The molecular formula is C16H25NO. The minimum absolute atomic E-state index is 0.264. The van der Waals surface area contributed by atoms with Gasteiger partial charge in [0.1, 0.15) is 5.78 Å². The molecule has 0 fully saturated rings. The van der Waals surface area contributed by atoms with Crippen LogP contribution in [0, 0.1) is 0 Å². The van der Waals surface area contributed by atoms with Crippen LogP contribution in [0.4, 0.5) is 0 Å². The summed E-state index contributed by atoms with van der Waals surface area (Å²) in [5.41, 5.74) is 2.66. The molecule has 18 heavy (non-hydrogen) atoms. The fourth-order valence-electron chi connectivity index (χ4n) is 2.17. The van der Waals surface area contributed by atoms with E-state index in [2.05, 4.69) is 57.1 Å². The molecule has 1 aromatic rings. The highest BCUT2D eigenvalue weighted by Crippen LogP contribution is 2.25. The van der Waals surface area contributed by atoms with Crippen LogP contribution >= 0.6 is 0 Å². The summed E-state index contributed by atoms with van der Waals surface area (Å²) in [4.78, 5) is 13.3. The number of hydrogen-bond acceptors (Lipinski definition) is 2. The van der Waals surface area contributed by atoms with Crippen molar-refractivity contribution in [1.82, 2.24) is 4.90 Å². The lowest BCUT2D eigenvalue weighted by molar-refractivity contribution is -0.117. The molecule has 2 nitrogen and oxygen atoms in total. The van der Waals surface area contributed by atoms with E-state index >= 15 is 0 Å². The van der Waals surface area contributed by atoms with Crippen molar-refractivity contribution in [3.05, 3.63) is 35.4 Å². The van der Waals surface area contributed by atoms with Crippen LogP contribution in [0.3, 0.4) is 0 Å². The van der Waals surface area contributed by atoms with Crippen molar-refractivity contribution in [1.29, 1.82) is 0 Å². The minimum atomic E-state index is 0.264. The van der Waals surface area contributed by atoms with Gasteiger partial charge in [-0.25, -0.2) is 0 Å². The van der Waals surface area contributed by atoms with Gasteiger partial charge in [0.2, 0.25) is 0 Å². The lowest BCUT2D eigenvalue weighted by Crippen LogP contribution is -2.20. The molecule has 1 aromatic carbocycles. The SMILES string of the molecule is CC(=O)CCC(c1ccc(C(C)C)cc1)N(C)C. The Bertz CT molecular complexity index is 379. The molecule has 2 heteroatoms. The maximum atomic E-state index is 11.1. The molecule has 0 heterocycles. The first kappa shape index (κ1) is 14.9. The molecule has 0 bridgehead atoms. The molecule has 0 amide bonds. The van der Waals surface area contributed by atoms with Gasteiger partial charge in [0, 0.05) is 12.5 Å². The summed E-state index contributed by atoms with van der Waals surface area (Å²) < 4.78 is 0. The van der Waals surface area contributed by atoms with Gasteiger partial charge in [0.25, 0.3) is 0 Å². The average Bonchev–Trinajstić information content (AvgIpc) is 2.29. The highest BCUT2D eigenvalue weighted by molar-refractivity contribution is 5.75. The van der Waals surface area contributed by atoms with Crippen molar-refractivity contribution in [3.8, 4) is 0 Å². The quantitative estimate of drug-likeness (QED) is 0.762. The second-order valence-electron chi connectivity index (χ2n) is 5.54. The van der Waals surface area contributed by atoms with E-state index in [0.29, 0.717) is 18.4 Å². The van der Waals surface area contributed by atoms with E-state index in [9.17, 15) is 4.79 Å². The Morgan fingerprint density at radius 1 is 1.11 bits per heavy atom. The van der Waals surface area contributed by atoms with Gasteiger partial charge in [-0.05, 0) is 44.5 Å². The number of carbonyl (C=O) groups is 1. The molecule has 0 aliphatic rings. The molecule has 1 unspecified atom stereocenters. The van der Waals surface area contributed by atoms with Crippen LogP contribution in [-0.4, -0.2) is 24.8 Å². The fourth-order valence-corrected chi connectivity index (χ4v) is 2.17. The summed E-state index contributed by atoms with van der Waals surface area (Å²) >= 11 is 0. The van der Waals surface area contributed by atoms with Gasteiger partial charge < -0.3 is 9.69 Å². The van der Waals surface area contributed by atoms with Gasteiger partial charge in [-0.1, -0.05) is 38.1 Å². The largest absolute Gasteiger partial charge is 0.302 e. The number of benzene rings is 1. The normalized spacial score (nSPS) is 13.1. The van der Waals surface area contributed by atoms with Gasteiger partial charge >= 0.3 is 0 Å². The Balaban J connectivity index is 2.82. The molecule has 0 saturated heterocycles. The zero-order valence-corrected chi connectivity index (χ0v) is 12.2. The molecular weight excluding hydrogens is 222 g/mol. The van der Waals surface area contributed by atoms with Crippen LogP contribution < -0.4 is 0 Å². The summed E-state index contributed by atoms with van der Waals surface area (Å²) in [6.07, 6.45) is 1.54. The van der Waals surface area contributed by atoms with Crippen molar-refractivity contribution in [3.63, 3.8) is 0 Å². The van der Waals surface area contributed by atoms with E-state index in [1.165, 1.54) is 11.1 Å². The van der Waals surface area contributed by atoms with Crippen LogP contribution in [0.25, 0.3) is 0 Å². The predicted molar refractivity (Wildman–Crippen MR) is 76.9 cm³/mol. The summed E-state index contributed by atoms with van der Waals surface area (Å²) in [7, 11) is 4.14. The summed E-state index contributed by atoms with van der Waals surface area (Å²) in [5, 5.41) is 0. The summed E-state index contributed by atoms with van der Waals surface area (Å²) in [6.45, 7) is 6.07. The lowest BCUT2D eigenvalue weighted by atomic mass is 9.96. The number of rotatable bonds is 6. The highest BCUT2D eigenvalue weighted by Gasteiger charge is 2.14. The average molecular weight is 247 g/mol. The standard InChI is InChI=1S/C16H25NO/c1-12(2)14-7-9-15(10-8-14)16(17(4)5)11-6-13(3)18/h7-10,12,16H,6,11H2,1-5H3. The third-order valence-electron chi connectivity index (χ3n) is 3.38. The Morgan fingerprint density at radius 3 is 2.00 bits per heavy atom. The highest BCUT2D eigenvalue weighted by atomic mass is 16.1. The molecule has 0 spiro atoms. The number of Topliss-reactive ketones (excluding diaryl/α,β-unsaturated/α-hetero) is 1. The first-order chi connectivity index (χ1) is 8.41. The van der Waals surface area contributed by atoms with Crippen molar-refractivity contribution < 1.29 is 4.79 Å². The Hall–Kier alpha value is -1.15. The number of carbonyl (C=O) groups excluding carboxylic acids is 1. The molecule has 0 aromatic heterocycles. The van der Waals surface area contributed by atoms with Crippen LogP contribution in [-0.2, 0) is 4.79 Å². The molecule has 100 valence electrons. The first-order valence-corrected chi connectivity index (χ1v) is 6.67. The number of ketones is 1. The third kappa shape index (κ3) is 4.26. The van der Waals surface area contributed by atoms with Crippen LogP contribution in [0.15, 0.2) is 24.3 Å². The Kier molecular flexibility index (Phi) is 5.54. The maximum absolute atomic E-state index is 11.1. The fraction of sp³-hybridized carbons (Fsp3) is 0.562. The molecule has 1 atom stereocenters. The van der Waals surface area contributed by atoms with Gasteiger partial charge in [-0.3, -0.25) is 0 Å². The van der Waals surface area contributed by atoms with Crippen LogP contribution in [0.2, 0.25) is 0 Å². The Morgan fingerprint density at radius 2 is 1.61 bits per heavy atom. The number of nitrogens with zero attached hydrogens (tertiary/aromatic N) is 1. The van der Waals surface area contributed by atoms with Crippen molar-refractivity contribution in [2.75, 3.05) is 14.1 Å². The molecule has 0 aliphatic heterocycles. The van der Waals surface area contributed by atoms with Crippen LogP contribution in [0.5, 0.6) is 0 Å². The zero-order valence-electron chi connectivity index (χ0n) is 12.2. The molecule has 0 N–H and O–H groups in total. The Labute approximate surface area is 111 Å². The van der Waals surface area contributed by atoms with Crippen molar-refractivity contribution in [2.24, 2.45) is 0 Å². The summed E-state index contributed by atoms with van der Waals surface area (Å²) in [5.74, 6) is 0.828. The smallest absolute Gasteiger partial charge is 0.129 e. The molecule has 0 saturated carbocycles. The van der Waals surface area contributed by atoms with E-state index in [-0.39, 0.29) is 5.78 Å². The lowest BCUT2D eigenvalue weighted by Gasteiger charge is -2.24. The van der Waals surface area contributed by atoms with Gasteiger partial charge in [-0.15, -0.1) is 0 Å². The molecule has 0 radical (unpaired) electrons. The van der Waals surface area contributed by atoms with Gasteiger partial charge in [0.15, 0.2) is 0 Å². The molecule has 1 rings (SSSR count). The van der Waals surface area contributed by atoms with Gasteiger partial charge in [0.05, 0.1) is 0 Å². The zero-order chi connectivity index (χ0) is 13.7. The second kappa shape index (κ2) is 6.69. The monoisotopic (exact) mass is 247 g/mol. The van der Waals surface area contributed by atoms with Crippen molar-refractivity contribution in [2.45, 2.75) is 45.6 Å². The van der Waals surface area contributed by atoms with E-state index in [0.717, 1.165) is 6.42 Å². The van der Waals surface area contributed by atoms with Gasteiger partial charge in [-0.2, -0.15) is 0 Å². The van der Waals surface area contributed by atoms with Crippen molar-refractivity contribution >= 4 is 5.78 Å². The van der Waals surface area contributed by atoms with Crippen LogP contribution in [0.1, 0.15) is 56.7 Å².